The number of benzene rings is 3. The van der Waals surface area contributed by atoms with E-state index in [2.05, 4.69) is 15.3 Å². The highest BCUT2D eigenvalue weighted by molar-refractivity contribution is 5.97. The van der Waals surface area contributed by atoms with Gasteiger partial charge in [0.05, 0.1) is 23.7 Å². The quantitative estimate of drug-likeness (QED) is 0.435. The standard InChI is InChI=1S/C25H23N3O4/c1-15-4-10-20(16(2)12-15)26-23(29)14-32-25(30)18-7-11-21-22(13-18)28-24(27-21)17-5-8-19(31-3)9-6-17/h4-13H,14H2,1-3H3,(H,26,29)(H,27,28). The maximum atomic E-state index is 12.5. The highest BCUT2D eigenvalue weighted by Gasteiger charge is 2.14. The number of hydrogen-bond acceptors (Lipinski definition) is 5. The molecule has 162 valence electrons. The Bertz CT molecular complexity index is 1290. The third-order valence-electron chi connectivity index (χ3n) is 5.07. The smallest absolute Gasteiger partial charge is 0.338 e. The van der Waals surface area contributed by atoms with Crippen LogP contribution in [0, 0.1) is 13.8 Å². The molecule has 2 N–H and O–H groups in total. The molecule has 0 unspecified atom stereocenters. The van der Waals surface area contributed by atoms with Crippen molar-refractivity contribution in [3.8, 4) is 17.1 Å². The number of ether oxygens (including phenoxy) is 2. The van der Waals surface area contributed by atoms with Crippen LogP contribution in [0.3, 0.4) is 0 Å². The van der Waals surface area contributed by atoms with Gasteiger partial charge in [0.15, 0.2) is 6.61 Å². The van der Waals surface area contributed by atoms with Gasteiger partial charge in [-0.05, 0) is 67.9 Å². The van der Waals surface area contributed by atoms with Crippen LogP contribution < -0.4 is 10.1 Å². The number of aromatic nitrogens is 2. The lowest BCUT2D eigenvalue weighted by atomic mass is 10.1. The normalized spacial score (nSPS) is 10.7. The molecule has 0 bridgehead atoms. The summed E-state index contributed by atoms with van der Waals surface area (Å²) in [4.78, 5) is 32.4. The topological polar surface area (TPSA) is 93.3 Å². The number of carbonyl (C=O) groups is 2. The van der Waals surface area contributed by atoms with Gasteiger partial charge in [0.1, 0.15) is 11.6 Å². The number of anilines is 1. The molecule has 7 heteroatoms. The second-order valence-electron chi connectivity index (χ2n) is 7.49. The van der Waals surface area contributed by atoms with E-state index in [0.717, 1.165) is 28.0 Å². The molecule has 4 aromatic rings. The zero-order valence-electron chi connectivity index (χ0n) is 18.1. The number of rotatable bonds is 6. The maximum absolute atomic E-state index is 12.5. The summed E-state index contributed by atoms with van der Waals surface area (Å²) in [6.07, 6.45) is 0. The number of amides is 1. The van der Waals surface area contributed by atoms with E-state index in [1.54, 1.807) is 25.3 Å². The van der Waals surface area contributed by atoms with Crippen LogP contribution in [-0.2, 0) is 9.53 Å². The van der Waals surface area contributed by atoms with Crippen LogP contribution in [0.1, 0.15) is 21.5 Å². The molecular weight excluding hydrogens is 406 g/mol. The summed E-state index contributed by atoms with van der Waals surface area (Å²) in [5.41, 5.74) is 5.40. The second kappa shape index (κ2) is 8.93. The number of nitrogens with one attached hydrogen (secondary N) is 2. The number of fused-ring (bicyclic) bond motifs is 1. The van der Waals surface area contributed by atoms with E-state index < -0.39 is 11.9 Å². The molecule has 0 aliphatic heterocycles. The van der Waals surface area contributed by atoms with Crippen LogP contribution in [0.2, 0.25) is 0 Å². The minimum absolute atomic E-state index is 0.335. The van der Waals surface area contributed by atoms with Crippen molar-refractivity contribution in [2.24, 2.45) is 0 Å². The van der Waals surface area contributed by atoms with Gasteiger partial charge in [0.2, 0.25) is 0 Å². The molecular formula is C25H23N3O4. The zero-order valence-corrected chi connectivity index (χ0v) is 18.1. The van der Waals surface area contributed by atoms with Gasteiger partial charge in [-0.25, -0.2) is 9.78 Å². The Morgan fingerprint density at radius 3 is 2.50 bits per heavy atom. The van der Waals surface area contributed by atoms with Gasteiger partial charge in [0, 0.05) is 11.3 Å². The number of carbonyl (C=O) groups excluding carboxylic acids is 2. The Balaban J connectivity index is 1.42. The van der Waals surface area contributed by atoms with Crippen molar-refractivity contribution in [1.82, 2.24) is 9.97 Å². The van der Waals surface area contributed by atoms with Gasteiger partial charge in [-0.15, -0.1) is 0 Å². The van der Waals surface area contributed by atoms with E-state index in [9.17, 15) is 9.59 Å². The first-order valence-corrected chi connectivity index (χ1v) is 10.1. The van der Waals surface area contributed by atoms with Gasteiger partial charge < -0.3 is 19.8 Å². The first-order chi connectivity index (χ1) is 15.4. The van der Waals surface area contributed by atoms with Gasteiger partial charge in [-0.1, -0.05) is 17.7 Å². The first kappa shape index (κ1) is 21.1. The number of imidazole rings is 1. The lowest BCUT2D eigenvalue weighted by Crippen LogP contribution is -2.21. The summed E-state index contributed by atoms with van der Waals surface area (Å²) in [6.45, 7) is 3.52. The van der Waals surface area contributed by atoms with Crippen molar-refractivity contribution in [2.45, 2.75) is 13.8 Å². The van der Waals surface area contributed by atoms with Crippen molar-refractivity contribution < 1.29 is 19.1 Å². The van der Waals surface area contributed by atoms with Crippen molar-refractivity contribution in [2.75, 3.05) is 19.0 Å². The van der Waals surface area contributed by atoms with E-state index in [-0.39, 0.29) is 6.61 Å². The Morgan fingerprint density at radius 1 is 1.00 bits per heavy atom. The lowest BCUT2D eigenvalue weighted by molar-refractivity contribution is -0.119. The minimum Gasteiger partial charge on any atom is -0.497 e. The average Bonchev–Trinajstić information content (AvgIpc) is 3.23. The maximum Gasteiger partial charge on any atom is 0.338 e. The summed E-state index contributed by atoms with van der Waals surface area (Å²) in [5, 5.41) is 2.76. The molecule has 0 atom stereocenters. The molecule has 0 radical (unpaired) electrons. The number of aromatic amines is 1. The molecule has 7 nitrogen and oxygen atoms in total. The predicted octanol–water partition coefficient (Wildman–Crippen LogP) is 4.65. The third kappa shape index (κ3) is 4.62. The van der Waals surface area contributed by atoms with Crippen molar-refractivity contribution >= 4 is 28.6 Å². The molecule has 0 spiro atoms. The van der Waals surface area contributed by atoms with Crippen LogP contribution in [-0.4, -0.2) is 35.6 Å². The summed E-state index contributed by atoms with van der Waals surface area (Å²) < 4.78 is 10.4. The van der Waals surface area contributed by atoms with Crippen molar-refractivity contribution in [1.29, 1.82) is 0 Å². The summed E-state index contributed by atoms with van der Waals surface area (Å²) in [7, 11) is 1.62. The molecule has 1 amide bonds. The lowest BCUT2D eigenvalue weighted by Gasteiger charge is -2.09. The molecule has 0 aliphatic carbocycles. The van der Waals surface area contributed by atoms with Crippen LogP contribution >= 0.6 is 0 Å². The minimum atomic E-state index is -0.580. The van der Waals surface area contributed by atoms with E-state index in [1.165, 1.54) is 0 Å². The van der Waals surface area contributed by atoms with Crippen LogP contribution in [0.25, 0.3) is 22.4 Å². The fourth-order valence-electron chi connectivity index (χ4n) is 3.38. The molecule has 1 heterocycles. The van der Waals surface area contributed by atoms with Crippen LogP contribution in [0.15, 0.2) is 60.7 Å². The Kier molecular flexibility index (Phi) is 5.89. The van der Waals surface area contributed by atoms with Gasteiger partial charge in [-0.2, -0.15) is 0 Å². The molecule has 4 rings (SSSR count). The van der Waals surface area contributed by atoms with Crippen molar-refractivity contribution in [3.63, 3.8) is 0 Å². The molecule has 1 aromatic heterocycles. The summed E-state index contributed by atoms with van der Waals surface area (Å²) >= 11 is 0. The fraction of sp³-hybridized carbons (Fsp3) is 0.160. The van der Waals surface area contributed by atoms with E-state index in [1.807, 2.05) is 56.3 Å². The monoisotopic (exact) mass is 429 g/mol. The number of esters is 1. The summed E-state index contributed by atoms with van der Waals surface area (Å²) in [5.74, 6) is 0.468. The van der Waals surface area contributed by atoms with Gasteiger partial charge in [-0.3, -0.25) is 4.79 Å². The molecule has 0 saturated heterocycles. The van der Waals surface area contributed by atoms with Gasteiger partial charge >= 0.3 is 5.97 Å². The predicted molar refractivity (Wildman–Crippen MR) is 123 cm³/mol. The average molecular weight is 429 g/mol. The third-order valence-corrected chi connectivity index (χ3v) is 5.07. The van der Waals surface area contributed by atoms with E-state index in [0.29, 0.717) is 22.6 Å². The molecule has 0 saturated carbocycles. The Hall–Kier alpha value is -4.13. The SMILES string of the molecule is COc1ccc(-c2nc3ccc(C(=O)OCC(=O)Nc4ccc(C)cc4C)cc3[nH]2)cc1. The number of nitrogens with zero attached hydrogens (tertiary/aromatic N) is 1. The number of aryl methyl sites for hydroxylation is 2. The highest BCUT2D eigenvalue weighted by atomic mass is 16.5. The summed E-state index contributed by atoms with van der Waals surface area (Å²) in [6, 6.07) is 18.3. The second-order valence-corrected chi connectivity index (χ2v) is 7.49. The number of hydrogen-bond donors (Lipinski definition) is 2. The first-order valence-electron chi connectivity index (χ1n) is 10.1. The molecule has 32 heavy (non-hydrogen) atoms. The molecule has 0 aliphatic rings. The highest BCUT2D eigenvalue weighted by Crippen LogP contribution is 2.23. The van der Waals surface area contributed by atoms with E-state index >= 15 is 0 Å². The van der Waals surface area contributed by atoms with Crippen LogP contribution in [0.5, 0.6) is 5.75 Å². The van der Waals surface area contributed by atoms with Gasteiger partial charge in [0.25, 0.3) is 5.91 Å². The molecule has 3 aromatic carbocycles. The number of H-pyrrole nitrogens is 1. The number of methoxy groups -OCH3 is 1. The Morgan fingerprint density at radius 2 is 1.78 bits per heavy atom. The zero-order chi connectivity index (χ0) is 22.7. The molecule has 0 fully saturated rings. The van der Waals surface area contributed by atoms with Crippen molar-refractivity contribution in [3.05, 3.63) is 77.4 Å². The van der Waals surface area contributed by atoms with Crippen LogP contribution in [0.4, 0.5) is 5.69 Å². The Labute approximate surface area is 185 Å². The fourth-order valence-corrected chi connectivity index (χ4v) is 3.38. The largest absolute Gasteiger partial charge is 0.497 e. The van der Waals surface area contributed by atoms with E-state index in [4.69, 9.17) is 9.47 Å².